The smallest absolute Gasteiger partial charge is 0.271 e. The number of hydrogen-bond acceptors (Lipinski definition) is 4. The zero-order chi connectivity index (χ0) is 17.0. The SMILES string of the molecule is CC(C)NC(=O)c1ccc(NC(=O)C2=NN(C)C(=O)CC2)cc1. The lowest BCUT2D eigenvalue weighted by atomic mass is 10.1. The molecule has 0 radical (unpaired) electrons. The third-order valence-electron chi connectivity index (χ3n) is 3.29. The van der Waals surface area contributed by atoms with E-state index in [2.05, 4.69) is 15.7 Å². The number of hydrazone groups is 1. The summed E-state index contributed by atoms with van der Waals surface area (Å²) in [4.78, 5) is 35.3. The van der Waals surface area contributed by atoms with Crippen molar-refractivity contribution in [2.45, 2.75) is 32.7 Å². The Hall–Kier alpha value is -2.70. The van der Waals surface area contributed by atoms with Crippen LogP contribution in [0, 0.1) is 0 Å². The third-order valence-corrected chi connectivity index (χ3v) is 3.29. The molecule has 2 rings (SSSR count). The largest absolute Gasteiger partial charge is 0.350 e. The van der Waals surface area contributed by atoms with Crippen LogP contribution in [0.25, 0.3) is 0 Å². The molecule has 2 N–H and O–H groups in total. The number of carbonyl (C=O) groups excluding carboxylic acids is 3. The molecular formula is C16H20N4O3. The van der Waals surface area contributed by atoms with Crippen LogP contribution in [0.2, 0.25) is 0 Å². The van der Waals surface area contributed by atoms with Gasteiger partial charge in [-0.3, -0.25) is 14.4 Å². The van der Waals surface area contributed by atoms with Crippen LogP contribution in [0.15, 0.2) is 29.4 Å². The van der Waals surface area contributed by atoms with Gasteiger partial charge in [0, 0.05) is 37.2 Å². The topological polar surface area (TPSA) is 90.9 Å². The van der Waals surface area contributed by atoms with Crippen LogP contribution < -0.4 is 10.6 Å². The van der Waals surface area contributed by atoms with Crippen LogP contribution in [0.5, 0.6) is 0 Å². The fraction of sp³-hybridized carbons (Fsp3) is 0.375. The van der Waals surface area contributed by atoms with E-state index in [1.165, 1.54) is 12.1 Å². The molecule has 0 aliphatic carbocycles. The Morgan fingerprint density at radius 1 is 1.13 bits per heavy atom. The van der Waals surface area contributed by atoms with Crippen LogP contribution in [-0.4, -0.2) is 41.5 Å². The fourth-order valence-electron chi connectivity index (χ4n) is 2.09. The molecule has 0 unspecified atom stereocenters. The lowest BCUT2D eigenvalue weighted by Crippen LogP contribution is -2.34. The van der Waals surface area contributed by atoms with Gasteiger partial charge in [-0.2, -0.15) is 5.10 Å². The van der Waals surface area contributed by atoms with E-state index in [1.807, 2.05) is 13.8 Å². The molecule has 0 bridgehead atoms. The van der Waals surface area contributed by atoms with Crippen molar-refractivity contribution < 1.29 is 14.4 Å². The molecule has 0 spiro atoms. The monoisotopic (exact) mass is 316 g/mol. The van der Waals surface area contributed by atoms with E-state index < -0.39 is 0 Å². The minimum atomic E-state index is -0.344. The Bertz CT molecular complexity index is 650. The molecule has 0 atom stereocenters. The van der Waals surface area contributed by atoms with Crippen molar-refractivity contribution in [1.82, 2.24) is 10.3 Å². The maximum atomic E-state index is 12.1. The molecule has 1 aromatic rings. The number of nitrogens with zero attached hydrogens (tertiary/aromatic N) is 2. The fourth-order valence-corrected chi connectivity index (χ4v) is 2.09. The van der Waals surface area contributed by atoms with Gasteiger partial charge in [0.2, 0.25) is 5.91 Å². The van der Waals surface area contributed by atoms with Crippen LogP contribution in [0.3, 0.4) is 0 Å². The molecule has 122 valence electrons. The number of rotatable bonds is 4. The first-order valence-corrected chi connectivity index (χ1v) is 7.43. The van der Waals surface area contributed by atoms with Gasteiger partial charge in [-0.15, -0.1) is 0 Å². The Kier molecular flexibility index (Phi) is 5.10. The molecule has 0 saturated heterocycles. The summed E-state index contributed by atoms with van der Waals surface area (Å²) in [6.45, 7) is 3.78. The summed E-state index contributed by atoms with van der Waals surface area (Å²) in [7, 11) is 1.52. The maximum absolute atomic E-state index is 12.1. The van der Waals surface area contributed by atoms with Crippen LogP contribution in [0.4, 0.5) is 5.69 Å². The molecule has 7 heteroatoms. The highest BCUT2D eigenvalue weighted by molar-refractivity contribution is 6.43. The minimum absolute atomic E-state index is 0.0610. The first kappa shape index (κ1) is 16.7. The highest BCUT2D eigenvalue weighted by Gasteiger charge is 2.22. The predicted octanol–water partition coefficient (Wildman–Crippen LogP) is 1.37. The van der Waals surface area contributed by atoms with Gasteiger partial charge in [0.05, 0.1) is 0 Å². The van der Waals surface area contributed by atoms with E-state index in [-0.39, 0.29) is 30.2 Å². The van der Waals surface area contributed by atoms with Crippen molar-refractivity contribution in [2.24, 2.45) is 5.10 Å². The average Bonchev–Trinajstić information content (AvgIpc) is 2.50. The molecular weight excluding hydrogens is 296 g/mol. The maximum Gasteiger partial charge on any atom is 0.271 e. The molecule has 1 aliphatic rings. The van der Waals surface area contributed by atoms with Gasteiger partial charge in [-0.25, -0.2) is 5.01 Å². The molecule has 0 aromatic heterocycles. The Morgan fingerprint density at radius 2 is 1.78 bits per heavy atom. The van der Waals surface area contributed by atoms with Gasteiger partial charge in [-0.05, 0) is 38.1 Å². The van der Waals surface area contributed by atoms with Gasteiger partial charge in [-0.1, -0.05) is 0 Å². The minimum Gasteiger partial charge on any atom is -0.350 e. The molecule has 1 aromatic carbocycles. The number of carbonyl (C=O) groups is 3. The zero-order valence-corrected chi connectivity index (χ0v) is 13.4. The average molecular weight is 316 g/mol. The summed E-state index contributed by atoms with van der Waals surface area (Å²) < 4.78 is 0. The highest BCUT2D eigenvalue weighted by atomic mass is 16.2. The van der Waals surface area contributed by atoms with E-state index in [0.29, 0.717) is 23.4 Å². The summed E-state index contributed by atoms with van der Waals surface area (Å²) in [6.07, 6.45) is 0.598. The standard InChI is InChI=1S/C16H20N4O3/c1-10(2)17-15(22)11-4-6-12(7-5-11)18-16(23)13-8-9-14(21)20(3)19-13/h4-7,10H,8-9H2,1-3H3,(H,17,22)(H,18,23). The lowest BCUT2D eigenvalue weighted by Gasteiger charge is -2.18. The van der Waals surface area contributed by atoms with Gasteiger partial charge in [0.25, 0.3) is 11.8 Å². The second-order valence-electron chi connectivity index (χ2n) is 5.62. The molecule has 1 heterocycles. The Morgan fingerprint density at radius 3 is 2.35 bits per heavy atom. The van der Waals surface area contributed by atoms with Crippen molar-refractivity contribution in [2.75, 3.05) is 12.4 Å². The predicted molar refractivity (Wildman–Crippen MR) is 87.1 cm³/mol. The number of amides is 3. The van der Waals surface area contributed by atoms with Gasteiger partial charge in [0.15, 0.2) is 0 Å². The van der Waals surface area contributed by atoms with Crippen LogP contribution >= 0.6 is 0 Å². The van der Waals surface area contributed by atoms with Crippen LogP contribution in [-0.2, 0) is 9.59 Å². The molecule has 7 nitrogen and oxygen atoms in total. The van der Waals surface area contributed by atoms with E-state index in [4.69, 9.17) is 0 Å². The summed E-state index contributed by atoms with van der Waals surface area (Å²) in [5.41, 5.74) is 1.41. The van der Waals surface area contributed by atoms with Crippen molar-refractivity contribution >= 4 is 29.1 Å². The van der Waals surface area contributed by atoms with Gasteiger partial charge in [0.1, 0.15) is 5.71 Å². The Balaban J connectivity index is 2.01. The summed E-state index contributed by atoms with van der Waals surface area (Å²) in [6, 6.07) is 6.67. The molecule has 23 heavy (non-hydrogen) atoms. The number of benzene rings is 1. The highest BCUT2D eigenvalue weighted by Crippen LogP contribution is 2.12. The number of hydrogen-bond donors (Lipinski definition) is 2. The first-order valence-electron chi connectivity index (χ1n) is 7.43. The van der Waals surface area contributed by atoms with Crippen molar-refractivity contribution in [3.8, 4) is 0 Å². The lowest BCUT2D eigenvalue weighted by molar-refractivity contribution is -0.130. The normalized spacial score (nSPS) is 14.5. The molecule has 0 fully saturated rings. The second-order valence-corrected chi connectivity index (χ2v) is 5.62. The van der Waals surface area contributed by atoms with E-state index in [0.717, 1.165) is 0 Å². The van der Waals surface area contributed by atoms with E-state index in [1.54, 1.807) is 24.3 Å². The van der Waals surface area contributed by atoms with Crippen molar-refractivity contribution in [3.63, 3.8) is 0 Å². The molecule has 1 aliphatic heterocycles. The van der Waals surface area contributed by atoms with Crippen molar-refractivity contribution in [1.29, 1.82) is 0 Å². The van der Waals surface area contributed by atoms with E-state index in [9.17, 15) is 14.4 Å². The second kappa shape index (κ2) is 7.04. The van der Waals surface area contributed by atoms with Gasteiger partial charge < -0.3 is 10.6 Å². The van der Waals surface area contributed by atoms with Crippen molar-refractivity contribution in [3.05, 3.63) is 29.8 Å². The number of anilines is 1. The number of nitrogens with one attached hydrogen (secondary N) is 2. The quantitative estimate of drug-likeness (QED) is 0.879. The first-order chi connectivity index (χ1) is 10.9. The molecule has 3 amide bonds. The summed E-state index contributed by atoms with van der Waals surface area (Å²) >= 11 is 0. The summed E-state index contributed by atoms with van der Waals surface area (Å²) in [5, 5.41) is 10.7. The third kappa shape index (κ3) is 4.38. The Labute approximate surface area is 134 Å². The van der Waals surface area contributed by atoms with E-state index >= 15 is 0 Å². The zero-order valence-electron chi connectivity index (χ0n) is 13.4. The van der Waals surface area contributed by atoms with Gasteiger partial charge >= 0.3 is 0 Å². The van der Waals surface area contributed by atoms with Crippen LogP contribution in [0.1, 0.15) is 37.0 Å². The molecule has 0 saturated carbocycles. The summed E-state index contributed by atoms with van der Waals surface area (Å²) in [5.74, 6) is -0.611.